The fraction of sp³-hybridized carbons (Fsp3) is 0.737. The van der Waals surface area contributed by atoms with E-state index >= 15 is 0 Å². The van der Waals surface area contributed by atoms with E-state index in [0.29, 0.717) is 32.6 Å². The first kappa shape index (κ1) is 23.6. The average Bonchev–Trinajstić information content (AvgIpc) is 2.93. The maximum Gasteiger partial charge on any atom is 0.326 e. The summed E-state index contributed by atoms with van der Waals surface area (Å²) < 4.78 is 9.92. The fourth-order valence-corrected chi connectivity index (χ4v) is 3.69. The van der Waals surface area contributed by atoms with Gasteiger partial charge in [0.1, 0.15) is 12.1 Å². The van der Waals surface area contributed by atoms with Gasteiger partial charge in [0, 0.05) is 19.8 Å². The molecule has 3 N–H and O–H groups in total. The standard InChI is InChI=1S/C19H30N4O7/c1-3-29-10-6-9-20-17(27)21-14(24)12-30-15(25)11-23-16(26)19(22-18(23)28)8-5-4-7-13(19)2/h13H,3-12H2,1-2H3,(H,22,28)(H2,20,21,24,27)/t13-,19+/m1/s1. The van der Waals surface area contributed by atoms with Crippen LogP contribution < -0.4 is 16.0 Å². The lowest BCUT2D eigenvalue weighted by atomic mass is 9.73. The number of rotatable bonds is 9. The zero-order valence-electron chi connectivity index (χ0n) is 17.5. The van der Waals surface area contributed by atoms with Crippen LogP contribution in [0.15, 0.2) is 0 Å². The average molecular weight is 426 g/mol. The summed E-state index contributed by atoms with van der Waals surface area (Å²) in [6.07, 6.45) is 3.76. The van der Waals surface area contributed by atoms with E-state index in [2.05, 4.69) is 10.6 Å². The third-order valence-corrected chi connectivity index (χ3v) is 5.36. The number of esters is 1. The Kier molecular flexibility index (Phi) is 8.58. The molecule has 1 aliphatic carbocycles. The van der Waals surface area contributed by atoms with E-state index in [1.807, 2.05) is 19.2 Å². The van der Waals surface area contributed by atoms with Gasteiger partial charge in [-0.25, -0.2) is 9.59 Å². The molecule has 2 aliphatic rings. The Labute approximate surface area is 175 Å². The summed E-state index contributed by atoms with van der Waals surface area (Å²) in [6, 6.07) is -1.35. The van der Waals surface area contributed by atoms with E-state index < -0.39 is 48.5 Å². The van der Waals surface area contributed by atoms with E-state index in [1.165, 1.54) is 0 Å². The number of hydrogen-bond acceptors (Lipinski definition) is 7. The number of amides is 6. The minimum atomic E-state index is -0.965. The van der Waals surface area contributed by atoms with Crippen LogP contribution in [0.1, 0.15) is 46.0 Å². The first-order valence-corrected chi connectivity index (χ1v) is 10.2. The van der Waals surface area contributed by atoms with Crippen LogP contribution >= 0.6 is 0 Å². The largest absolute Gasteiger partial charge is 0.454 e. The number of hydrogen-bond donors (Lipinski definition) is 3. The molecule has 0 aromatic rings. The highest BCUT2D eigenvalue weighted by Gasteiger charge is 2.55. The van der Waals surface area contributed by atoms with Crippen LogP contribution in [-0.2, 0) is 23.9 Å². The van der Waals surface area contributed by atoms with Crippen molar-refractivity contribution in [3.63, 3.8) is 0 Å². The number of carbonyl (C=O) groups is 5. The fourth-order valence-electron chi connectivity index (χ4n) is 3.69. The van der Waals surface area contributed by atoms with Gasteiger partial charge >= 0.3 is 18.0 Å². The summed E-state index contributed by atoms with van der Waals surface area (Å²) in [4.78, 5) is 61.1. The zero-order chi connectivity index (χ0) is 22.1. The molecule has 11 heteroatoms. The third-order valence-electron chi connectivity index (χ3n) is 5.36. The maximum atomic E-state index is 12.8. The summed E-state index contributed by atoms with van der Waals surface area (Å²) in [5.74, 6) is -2.19. The van der Waals surface area contributed by atoms with Crippen LogP contribution in [0.4, 0.5) is 9.59 Å². The second-order valence-corrected chi connectivity index (χ2v) is 7.45. The van der Waals surface area contributed by atoms with Gasteiger partial charge in [0.2, 0.25) is 0 Å². The molecule has 0 aromatic carbocycles. The summed E-state index contributed by atoms with van der Waals surface area (Å²) in [6.45, 7) is 3.88. The molecule has 1 saturated carbocycles. The Balaban J connectivity index is 1.72. The molecular formula is C19H30N4O7. The summed E-state index contributed by atoms with van der Waals surface area (Å²) in [7, 11) is 0. The van der Waals surface area contributed by atoms with Gasteiger partial charge in [-0.15, -0.1) is 0 Å². The quantitative estimate of drug-likeness (QED) is 0.273. The van der Waals surface area contributed by atoms with E-state index in [1.54, 1.807) is 0 Å². The SMILES string of the molecule is CCOCCCNC(=O)NC(=O)COC(=O)CN1C(=O)N[C@]2(CCCC[C@H]2C)C1=O. The van der Waals surface area contributed by atoms with E-state index in [9.17, 15) is 24.0 Å². The Hall–Kier alpha value is -2.69. The van der Waals surface area contributed by atoms with Crippen molar-refractivity contribution in [1.29, 1.82) is 0 Å². The number of carbonyl (C=O) groups excluding carboxylic acids is 5. The molecule has 0 aromatic heterocycles. The molecule has 2 fully saturated rings. The molecule has 0 unspecified atom stereocenters. The first-order chi connectivity index (χ1) is 14.3. The number of nitrogens with one attached hydrogen (secondary N) is 3. The number of nitrogens with zero attached hydrogens (tertiary/aromatic N) is 1. The number of ether oxygens (including phenoxy) is 2. The Morgan fingerprint density at radius 1 is 1.27 bits per heavy atom. The molecule has 11 nitrogen and oxygen atoms in total. The topological polar surface area (TPSA) is 143 Å². The second-order valence-electron chi connectivity index (χ2n) is 7.45. The smallest absolute Gasteiger partial charge is 0.326 e. The normalized spacial score (nSPS) is 23.3. The van der Waals surface area contributed by atoms with Crippen molar-refractivity contribution in [3.8, 4) is 0 Å². The molecule has 0 radical (unpaired) electrons. The molecule has 1 heterocycles. The van der Waals surface area contributed by atoms with E-state index in [4.69, 9.17) is 9.47 Å². The van der Waals surface area contributed by atoms with Gasteiger partial charge in [-0.05, 0) is 32.1 Å². The lowest BCUT2D eigenvalue weighted by Gasteiger charge is -2.36. The van der Waals surface area contributed by atoms with Crippen LogP contribution in [0.25, 0.3) is 0 Å². The van der Waals surface area contributed by atoms with Crippen molar-refractivity contribution in [3.05, 3.63) is 0 Å². The Morgan fingerprint density at radius 2 is 2.03 bits per heavy atom. The van der Waals surface area contributed by atoms with Crippen LogP contribution in [0, 0.1) is 5.92 Å². The summed E-state index contributed by atoms with van der Waals surface area (Å²) in [5, 5.41) is 7.23. The van der Waals surface area contributed by atoms with Crippen molar-refractivity contribution in [1.82, 2.24) is 20.9 Å². The second kappa shape index (κ2) is 10.9. The van der Waals surface area contributed by atoms with Crippen molar-refractivity contribution in [2.45, 2.75) is 51.5 Å². The van der Waals surface area contributed by atoms with Gasteiger partial charge in [-0.3, -0.25) is 24.6 Å². The number of imide groups is 2. The van der Waals surface area contributed by atoms with Gasteiger partial charge in [0.25, 0.3) is 11.8 Å². The van der Waals surface area contributed by atoms with Gasteiger partial charge < -0.3 is 20.1 Å². The van der Waals surface area contributed by atoms with Crippen LogP contribution in [0.2, 0.25) is 0 Å². The van der Waals surface area contributed by atoms with Crippen LogP contribution in [0.3, 0.4) is 0 Å². The predicted octanol–water partition coefficient (Wildman–Crippen LogP) is 0.283. The lowest BCUT2D eigenvalue weighted by Crippen LogP contribution is -2.54. The third kappa shape index (κ3) is 5.91. The highest BCUT2D eigenvalue weighted by atomic mass is 16.5. The molecule has 0 bridgehead atoms. The maximum absolute atomic E-state index is 12.8. The van der Waals surface area contributed by atoms with Gasteiger partial charge in [0.15, 0.2) is 6.61 Å². The van der Waals surface area contributed by atoms with Crippen molar-refractivity contribution in [2.24, 2.45) is 5.92 Å². The summed E-state index contributed by atoms with van der Waals surface area (Å²) >= 11 is 0. The molecule has 2 atom stereocenters. The zero-order valence-corrected chi connectivity index (χ0v) is 17.5. The minimum absolute atomic E-state index is 0.0263. The Morgan fingerprint density at radius 3 is 2.73 bits per heavy atom. The Bertz CT molecular complexity index is 684. The molecule has 1 saturated heterocycles. The first-order valence-electron chi connectivity index (χ1n) is 10.2. The molecule has 30 heavy (non-hydrogen) atoms. The summed E-state index contributed by atoms with van der Waals surface area (Å²) in [5.41, 5.74) is -0.965. The highest BCUT2D eigenvalue weighted by Crippen LogP contribution is 2.38. The van der Waals surface area contributed by atoms with Gasteiger partial charge in [-0.1, -0.05) is 19.8 Å². The molecule has 1 spiro atoms. The molecular weight excluding hydrogens is 396 g/mol. The molecule has 1 aliphatic heterocycles. The van der Waals surface area contributed by atoms with E-state index in [0.717, 1.165) is 24.2 Å². The minimum Gasteiger partial charge on any atom is -0.454 e. The van der Waals surface area contributed by atoms with Crippen molar-refractivity contribution < 1.29 is 33.4 Å². The number of urea groups is 2. The van der Waals surface area contributed by atoms with Gasteiger partial charge in [-0.2, -0.15) is 0 Å². The highest BCUT2D eigenvalue weighted by molar-refractivity contribution is 6.09. The molecule has 6 amide bonds. The monoisotopic (exact) mass is 426 g/mol. The molecule has 168 valence electrons. The molecule has 2 rings (SSSR count). The van der Waals surface area contributed by atoms with Crippen LogP contribution in [0.5, 0.6) is 0 Å². The predicted molar refractivity (Wildman–Crippen MR) is 104 cm³/mol. The lowest BCUT2D eigenvalue weighted by molar-refractivity contribution is -0.151. The van der Waals surface area contributed by atoms with Gasteiger partial charge in [0.05, 0.1) is 0 Å². The van der Waals surface area contributed by atoms with Crippen LogP contribution in [-0.4, -0.2) is 73.2 Å². The van der Waals surface area contributed by atoms with E-state index in [-0.39, 0.29) is 5.92 Å². The van der Waals surface area contributed by atoms with Crippen molar-refractivity contribution >= 4 is 29.8 Å². The van der Waals surface area contributed by atoms with Crippen molar-refractivity contribution in [2.75, 3.05) is 32.9 Å².